The van der Waals surface area contributed by atoms with Crippen LogP contribution in [0, 0.1) is 5.92 Å². The van der Waals surface area contributed by atoms with Gasteiger partial charge in [-0.1, -0.05) is 51.6 Å². The molecular formula is C17H31N5O. The first kappa shape index (κ1) is 17.8. The number of nitrogens with zero attached hydrogens (tertiary/aromatic N) is 3. The highest BCUT2D eigenvalue weighted by molar-refractivity contribution is 5.79. The van der Waals surface area contributed by atoms with Gasteiger partial charge in [-0.25, -0.2) is 0 Å². The number of rotatable bonds is 6. The predicted molar refractivity (Wildman–Crippen MR) is 92.4 cm³/mol. The van der Waals surface area contributed by atoms with E-state index in [0.29, 0.717) is 18.3 Å². The summed E-state index contributed by atoms with van der Waals surface area (Å²) < 4.78 is 5.29. The van der Waals surface area contributed by atoms with Gasteiger partial charge in [0.05, 0.1) is 6.54 Å². The van der Waals surface area contributed by atoms with E-state index >= 15 is 0 Å². The van der Waals surface area contributed by atoms with Crippen molar-refractivity contribution in [3.05, 3.63) is 11.7 Å². The fraction of sp³-hybridized carbons (Fsp3) is 0.824. The van der Waals surface area contributed by atoms with Crippen molar-refractivity contribution in [1.29, 1.82) is 0 Å². The molecule has 0 radical (unpaired) electrons. The van der Waals surface area contributed by atoms with Crippen LogP contribution in [-0.2, 0) is 12.0 Å². The number of hydrogen-bond donors (Lipinski definition) is 2. The van der Waals surface area contributed by atoms with Gasteiger partial charge in [0, 0.05) is 19.0 Å². The minimum atomic E-state index is -0.120. The van der Waals surface area contributed by atoms with Gasteiger partial charge in [-0.15, -0.1) is 0 Å². The van der Waals surface area contributed by atoms with Crippen LogP contribution in [0.5, 0.6) is 0 Å². The Hall–Kier alpha value is -1.59. The van der Waals surface area contributed by atoms with E-state index in [9.17, 15) is 0 Å². The number of aromatic nitrogens is 2. The molecule has 1 saturated carbocycles. The van der Waals surface area contributed by atoms with Crippen molar-refractivity contribution >= 4 is 5.96 Å². The first-order chi connectivity index (χ1) is 11.0. The normalized spacial score (nSPS) is 16.8. The SMILES string of the molecule is CN=C(NCCCC1CCCC1)NCc1noc(C(C)(C)C)n1. The summed E-state index contributed by atoms with van der Waals surface area (Å²) in [7, 11) is 1.78. The standard InChI is InChI=1S/C17H31N5O/c1-17(2,3)15-21-14(22-23-15)12-20-16(18-4)19-11-7-10-13-8-5-6-9-13/h13H,5-12H2,1-4H3,(H2,18,19,20). The van der Waals surface area contributed by atoms with E-state index < -0.39 is 0 Å². The Balaban J connectivity index is 1.67. The zero-order valence-electron chi connectivity index (χ0n) is 15.0. The molecule has 1 heterocycles. The second kappa shape index (κ2) is 8.31. The lowest BCUT2D eigenvalue weighted by Gasteiger charge is -2.12. The summed E-state index contributed by atoms with van der Waals surface area (Å²) in [5.74, 6) is 3.05. The van der Waals surface area contributed by atoms with Crippen molar-refractivity contribution in [2.24, 2.45) is 10.9 Å². The van der Waals surface area contributed by atoms with Gasteiger partial charge in [0.2, 0.25) is 5.89 Å². The Bertz CT molecular complexity index is 497. The Morgan fingerprint density at radius 1 is 1.26 bits per heavy atom. The van der Waals surface area contributed by atoms with Gasteiger partial charge in [-0.05, 0) is 18.8 Å². The summed E-state index contributed by atoms with van der Waals surface area (Å²) >= 11 is 0. The van der Waals surface area contributed by atoms with Crippen molar-refractivity contribution < 1.29 is 4.52 Å². The van der Waals surface area contributed by atoms with Crippen LogP contribution in [-0.4, -0.2) is 29.7 Å². The van der Waals surface area contributed by atoms with Crippen LogP contribution in [0.15, 0.2) is 9.52 Å². The topological polar surface area (TPSA) is 75.3 Å². The molecular weight excluding hydrogens is 290 g/mol. The average molecular weight is 321 g/mol. The van der Waals surface area contributed by atoms with Gasteiger partial charge in [0.15, 0.2) is 11.8 Å². The first-order valence-corrected chi connectivity index (χ1v) is 8.76. The van der Waals surface area contributed by atoms with E-state index in [2.05, 4.69) is 46.5 Å². The monoisotopic (exact) mass is 321 g/mol. The van der Waals surface area contributed by atoms with Crippen LogP contribution in [0.25, 0.3) is 0 Å². The molecule has 0 atom stereocenters. The van der Waals surface area contributed by atoms with Gasteiger partial charge < -0.3 is 15.2 Å². The summed E-state index contributed by atoms with van der Waals surface area (Å²) in [6.45, 7) is 7.64. The van der Waals surface area contributed by atoms with Gasteiger partial charge >= 0.3 is 0 Å². The molecule has 0 saturated heterocycles. The quantitative estimate of drug-likeness (QED) is 0.478. The molecule has 2 N–H and O–H groups in total. The summed E-state index contributed by atoms with van der Waals surface area (Å²) in [5, 5.41) is 10.6. The third-order valence-corrected chi connectivity index (χ3v) is 4.30. The molecule has 6 heteroatoms. The highest BCUT2D eigenvalue weighted by Crippen LogP contribution is 2.28. The molecule has 0 unspecified atom stereocenters. The predicted octanol–water partition coefficient (Wildman–Crippen LogP) is 3.00. The number of hydrogen-bond acceptors (Lipinski definition) is 4. The molecule has 0 spiro atoms. The fourth-order valence-electron chi connectivity index (χ4n) is 2.91. The molecule has 130 valence electrons. The Kier molecular flexibility index (Phi) is 6.42. The van der Waals surface area contributed by atoms with Crippen molar-refractivity contribution in [3.8, 4) is 0 Å². The van der Waals surface area contributed by atoms with Crippen molar-refractivity contribution in [2.45, 2.75) is 71.3 Å². The van der Waals surface area contributed by atoms with E-state index in [4.69, 9.17) is 4.52 Å². The average Bonchev–Trinajstić information content (AvgIpc) is 3.17. The lowest BCUT2D eigenvalue weighted by atomic mass is 9.97. The second-order valence-electron chi connectivity index (χ2n) is 7.41. The van der Waals surface area contributed by atoms with Crippen molar-refractivity contribution in [1.82, 2.24) is 20.8 Å². The van der Waals surface area contributed by atoms with Crippen LogP contribution in [0.2, 0.25) is 0 Å². The molecule has 0 bridgehead atoms. The molecule has 1 aliphatic carbocycles. The lowest BCUT2D eigenvalue weighted by Crippen LogP contribution is -2.37. The Morgan fingerprint density at radius 2 is 2.00 bits per heavy atom. The van der Waals surface area contributed by atoms with E-state index in [1.165, 1.54) is 38.5 Å². The van der Waals surface area contributed by atoms with Crippen molar-refractivity contribution in [2.75, 3.05) is 13.6 Å². The molecule has 23 heavy (non-hydrogen) atoms. The fourth-order valence-corrected chi connectivity index (χ4v) is 2.91. The van der Waals surface area contributed by atoms with Crippen LogP contribution >= 0.6 is 0 Å². The largest absolute Gasteiger partial charge is 0.356 e. The summed E-state index contributed by atoms with van der Waals surface area (Å²) in [6.07, 6.45) is 8.19. The molecule has 1 aromatic heterocycles. The maximum Gasteiger partial charge on any atom is 0.232 e. The van der Waals surface area contributed by atoms with E-state index in [-0.39, 0.29) is 5.41 Å². The smallest absolute Gasteiger partial charge is 0.232 e. The molecule has 1 aromatic rings. The maximum atomic E-state index is 5.29. The highest BCUT2D eigenvalue weighted by atomic mass is 16.5. The van der Waals surface area contributed by atoms with Crippen LogP contribution < -0.4 is 10.6 Å². The summed E-state index contributed by atoms with van der Waals surface area (Å²) in [6, 6.07) is 0. The van der Waals surface area contributed by atoms with Gasteiger partial charge in [-0.3, -0.25) is 4.99 Å². The number of nitrogens with one attached hydrogen (secondary N) is 2. The van der Waals surface area contributed by atoms with E-state index in [1.807, 2.05) is 0 Å². The zero-order valence-corrected chi connectivity index (χ0v) is 15.0. The lowest BCUT2D eigenvalue weighted by molar-refractivity contribution is 0.318. The minimum Gasteiger partial charge on any atom is -0.356 e. The number of guanidine groups is 1. The van der Waals surface area contributed by atoms with Gasteiger partial charge in [-0.2, -0.15) is 4.98 Å². The molecule has 2 rings (SSSR count). The summed E-state index contributed by atoms with van der Waals surface area (Å²) in [5.41, 5.74) is -0.120. The molecule has 0 aromatic carbocycles. The summed E-state index contributed by atoms with van der Waals surface area (Å²) in [4.78, 5) is 8.65. The van der Waals surface area contributed by atoms with Gasteiger partial charge in [0.25, 0.3) is 0 Å². The maximum absolute atomic E-state index is 5.29. The Morgan fingerprint density at radius 3 is 2.61 bits per heavy atom. The molecule has 0 aliphatic heterocycles. The second-order valence-corrected chi connectivity index (χ2v) is 7.41. The van der Waals surface area contributed by atoms with Crippen LogP contribution in [0.1, 0.15) is 71.0 Å². The molecule has 1 aliphatic rings. The molecule has 6 nitrogen and oxygen atoms in total. The zero-order chi connectivity index (χ0) is 16.7. The minimum absolute atomic E-state index is 0.120. The first-order valence-electron chi connectivity index (χ1n) is 8.76. The van der Waals surface area contributed by atoms with Crippen LogP contribution in [0.3, 0.4) is 0 Å². The third kappa shape index (κ3) is 5.84. The van der Waals surface area contributed by atoms with E-state index in [0.717, 1.165) is 18.4 Å². The van der Waals surface area contributed by atoms with Gasteiger partial charge in [0.1, 0.15) is 0 Å². The Labute approximate surface area is 139 Å². The molecule has 1 fully saturated rings. The van der Waals surface area contributed by atoms with Crippen molar-refractivity contribution in [3.63, 3.8) is 0 Å². The third-order valence-electron chi connectivity index (χ3n) is 4.30. The van der Waals surface area contributed by atoms with E-state index in [1.54, 1.807) is 7.05 Å². The number of aliphatic imine (C=N–C) groups is 1. The highest BCUT2D eigenvalue weighted by Gasteiger charge is 2.21. The molecule has 0 amide bonds. The van der Waals surface area contributed by atoms with Crippen LogP contribution in [0.4, 0.5) is 0 Å².